The van der Waals surface area contributed by atoms with E-state index in [0.717, 1.165) is 12.8 Å². The van der Waals surface area contributed by atoms with Gasteiger partial charge in [0.25, 0.3) is 5.91 Å². The number of carbonyl (C=O) groups excluding carboxylic acids is 1. The molecule has 0 bridgehead atoms. The first kappa shape index (κ1) is 36.4. The number of nitrogens with one attached hydrogen (secondary N) is 1. The molecule has 1 atom stereocenters. The molecule has 3 aromatic heterocycles. The van der Waals surface area contributed by atoms with E-state index >= 15 is 0 Å². The number of ether oxygens (including phenoxy) is 4. The standard InChI is InChI=1S/C28H41N10O9P/c1-36-15-22(30-33-36)18-43-25-13-21(28(39)29-9-7-5-6-8-10-46-48(40,41)47-12-11-42-4)14-26(44-19-23-16-37(2)34-31-23)27(25)45-20-24-17-38(3)35-32-24/h13-17H,5-12,18-20H2,1-4H3,(H,29,39)(H,40,41). The highest BCUT2D eigenvalue weighted by molar-refractivity contribution is 7.47. The van der Waals surface area contributed by atoms with Crippen LogP contribution in [0.15, 0.2) is 30.7 Å². The summed E-state index contributed by atoms with van der Waals surface area (Å²) in [5.41, 5.74) is 2.00. The molecule has 0 aliphatic rings. The van der Waals surface area contributed by atoms with Gasteiger partial charge < -0.3 is 29.2 Å². The minimum absolute atomic E-state index is 0.0345. The molecule has 3 heterocycles. The van der Waals surface area contributed by atoms with Crippen LogP contribution in [-0.4, -0.2) is 89.3 Å². The van der Waals surface area contributed by atoms with Gasteiger partial charge in [-0.15, -0.1) is 15.3 Å². The first-order chi connectivity index (χ1) is 23.1. The van der Waals surface area contributed by atoms with E-state index in [1.165, 1.54) is 7.11 Å². The maximum absolute atomic E-state index is 13.3. The molecule has 1 aromatic carbocycles. The van der Waals surface area contributed by atoms with Crippen molar-refractivity contribution < 1.29 is 42.2 Å². The molecule has 19 nitrogen and oxygen atoms in total. The first-order valence-electron chi connectivity index (χ1n) is 15.1. The average molecular weight is 693 g/mol. The Kier molecular flexibility index (Phi) is 13.8. The number of methoxy groups -OCH3 is 1. The highest BCUT2D eigenvalue weighted by atomic mass is 31.2. The molecular formula is C28H41N10O9P. The molecule has 4 aromatic rings. The molecule has 1 unspecified atom stereocenters. The predicted octanol–water partition coefficient (Wildman–Crippen LogP) is 1.88. The number of phosphoric acid groups is 1. The van der Waals surface area contributed by atoms with Gasteiger partial charge in [0.2, 0.25) is 5.75 Å². The lowest BCUT2D eigenvalue weighted by Gasteiger charge is -2.18. The summed E-state index contributed by atoms with van der Waals surface area (Å²) in [6, 6.07) is 3.15. The lowest BCUT2D eigenvalue weighted by molar-refractivity contribution is 0.0949. The Morgan fingerprint density at radius 2 is 1.25 bits per heavy atom. The monoisotopic (exact) mass is 692 g/mol. The Morgan fingerprint density at radius 3 is 1.75 bits per heavy atom. The highest BCUT2D eigenvalue weighted by Gasteiger charge is 2.22. The second kappa shape index (κ2) is 18.2. The van der Waals surface area contributed by atoms with Crippen LogP contribution in [0.2, 0.25) is 0 Å². The smallest absolute Gasteiger partial charge is 0.472 e. The van der Waals surface area contributed by atoms with Crippen molar-refractivity contribution in [3.05, 3.63) is 53.4 Å². The van der Waals surface area contributed by atoms with Crippen LogP contribution in [0.4, 0.5) is 0 Å². The number of phosphoric ester groups is 1. The third-order valence-electron chi connectivity index (χ3n) is 6.50. The summed E-state index contributed by atoms with van der Waals surface area (Å²) in [5.74, 6) is 0.406. The van der Waals surface area contributed by atoms with Crippen LogP contribution in [0, 0.1) is 0 Å². The van der Waals surface area contributed by atoms with E-state index in [1.54, 1.807) is 65.9 Å². The van der Waals surface area contributed by atoms with Crippen molar-refractivity contribution in [2.24, 2.45) is 21.1 Å². The zero-order valence-corrected chi connectivity index (χ0v) is 28.2. The molecule has 0 fully saturated rings. The van der Waals surface area contributed by atoms with Crippen LogP contribution in [0.25, 0.3) is 0 Å². The largest absolute Gasteiger partial charge is 0.483 e. The number of hydrogen-bond acceptors (Lipinski definition) is 14. The third kappa shape index (κ3) is 12.0. The van der Waals surface area contributed by atoms with E-state index in [1.807, 2.05) is 0 Å². The fourth-order valence-corrected chi connectivity index (χ4v) is 4.98. The molecule has 2 N–H and O–H groups in total. The Labute approximate surface area is 277 Å². The van der Waals surface area contributed by atoms with Crippen LogP contribution < -0.4 is 19.5 Å². The van der Waals surface area contributed by atoms with E-state index in [2.05, 4.69) is 36.3 Å². The van der Waals surface area contributed by atoms with Crippen molar-refractivity contribution in [1.82, 2.24) is 50.3 Å². The van der Waals surface area contributed by atoms with Crippen molar-refractivity contribution >= 4 is 13.7 Å². The Hall–Kier alpha value is -4.42. The van der Waals surface area contributed by atoms with Gasteiger partial charge in [-0.1, -0.05) is 28.5 Å². The lowest BCUT2D eigenvalue weighted by atomic mass is 10.1. The van der Waals surface area contributed by atoms with Crippen LogP contribution in [0.1, 0.15) is 53.1 Å². The molecule has 20 heteroatoms. The Bertz CT molecular complexity index is 1580. The molecule has 1 amide bonds. The zero-order valence-electron chi connectivity index (χ0n) is 27.4. The summed E-state index contributed by atoms with van der Waals surface area (Å²) in [4.78, 5) is 23.0. The third-order valence-corrected chi connectivity index (χ3v) is 7.52. The van der Waals surface area contributed by atoms with Gasteiger partial charge in [0.05, 0.1) is 38.4 Å². The van der Waals surface area contributed by atoms with E-state index in [4.69, 9.17) is 28.0 Å². The first-order valence-corrected chi connectivity index (χ1v) is 16.6. The number of rotatable bonds is 22. The van der Waals surface area contributed by atoms with Crippen LogP contribution in [-0.2, 0) is 59.3 Å². The second-order valence-electron chi connectivity index (χ2n) is 10.6. The van der Waals surface area contributed by atoms with Gasteiger partial charge in [0.1, 0.15) is 36.9 Å². The van der Waals surface area contributed by atoms with Crippen LogP contribution in [0.3, 0.4) is 0 Å². The molecule has 4 rings (SSSR count). The summed E-state index contributed by atoms with van der Waals surface area (Å²) in [6.07, 6.45) is 7.88. The van der Waals surface area contributed by atoms with Gasteiger partial charge >= 0.3 is 7.82 Å². The molecule has 48 heavy (non-hydrogen) atoms. The van der Waals surface area contributed by atoms with Crippen molar-refractivity contribution in [3.63, 3.8) is 0 Å². The summed E-state index contributed by atoms with van der Waals surface area (Å²) in [6.45, 7) is 0.798. The summed E-state index contributed by atoms with van der Waals surface area (Å²) < 4.78 is 49.4. The van der Waals surface area contributed by atoms with Gasteiger partial charge in [-0.3, -0.25) is 27.9 Å². The minimum atomic E-state index is -4.09. The maximum atomic E-state index is 13.3. The maximum Gasteiger partial charge on any atom is 0.472 e. The predicted molar refractivity (Wildman–Crippen MR) is 167 cm³/mol. The fraction of sp³-hybridized carbons (Fsp3) is 0.536. The number of carbonyl (C=O) groups is 1. The number of benzene rings is 1. The Balaban J connectivity index is 1.40. The van der Waals surface area contributed by atoms with Gasteiger partial charge in [0, 0.05) is 40.4 Å². The van der Waals surface area contributed by atoms with Crippen molar-refractivity contribution in [2.45, 2.75) is 45.5 Å². The van der Waals surface area contributed by atoms with Crippen LogP contribution in [0.5, 0.6) is 17.2 Å². The van der Waals surface area contributed by atoms with Crippen LogP contribution >= 0.6 is 7.82 Å². The lowest BCUT2D eigenvalue weighted by Crippen LogP contribution is -2.24. The number of nitrogens with zero attached hydrogens (tertiary/aromatic N) is 9. The Morgan fingerprint density at radius 1 is 0.750 bits per heavy atom. The van der Waals surface area contributed by atoms with E-state index < -0.39 is 7.82 Å². The SMILES string of the molecule is COCCOP(=O)(O)OCCCCCCNC(=O)c1cc(OCc2cn(C)nn2)c(OCc2cn(C)nn2)c(OCc2cn(C)nn2)c1. The molecule has 0 aliphatic heterocycles. The summed E-state index contributed by atoms with van der Waals surface area (Å²) >= 11 is 0. The molecule has 0 radical (unpaired) electrons. The molecule has 262 valence electrons. The van der Waals surface area contributed by atoms with E-state index in [0.29, 0.717) is 36.5 Å². The number of hydrogen-bond donors (Lipinski definition) is 2. The van der Waals surface area contributed by atoms with Crippen molar-refractivity contribution in [3.8, 4) is 17.2 Å². The minimum Gasteiger partial charge on any atom is -0.483 e. The average Bonchev–Trinajstić information content (AvgIpc) is 3.80. The fourth-order valence-electron chi connectivity index (χ4n) is 4.24. The molecule has 0 saturated carbocycles. The van der Waals surface area contributed by atoms with Gasteiger partial charge in [-0.05, 0) is 25.0 Å². The van der Waals surface area contributed by atoms with Gasteiger partial charge in [-0.2, -0.15) is 0 Å². The molecule has 0 saturated heterocycles. The number of aryl methyl sites for hydroxylation is 3. The van der Waals surface area contributed by atoms with E-state index in [9.17, 15) is 14.3 Å². The van der Waals surface area contributed by atoms with Gasteiger partial charge in [-0.25, -0.2) is 4.57 Å². The highest BCUT2D eigenvalue weighted by Crippen LogP contribution is 2.43. The molecular weight excluding hydrogens is 651 g/mol. The number of amides is 1. The number of unbranched alkanes of at least 4 members (excludes halogenated alkanes) is 3. The van der Waals surface area contributed by atoms with Crippen molar-refractivity contribution in [1.29, 1.82) is 0 Å². The second-order valence-corrected chi connectivity index (χ2v) is 12.1. The van der Waals surface area contributed by atoms with E-state index in [-0.39, 0.29) is 68.4 Å². The zero-order chi connectivity index (χ0) is 34.4. The summed E-state index contributed by atoms with van der Waals surface area (Å²) in [5, 5.41) is 27.0. The van der Waals surface area contributed by atoms with Gasteiger partial charge in [0.15, 0.2) is 11.5 Å². The normalized spacial score (nSPS) is 12.5. The quantitative estimate of drug-likeness (QED) is 0.0889. The topological polar surface area (TPSA) is 214 Å². The molecule has 0 spiro atoms. The molecule has 0 aliphatic carbocycles. The number of aromatic nitrogens is 9. The summed E-state index contributed by atoms with van der Waals surface area (Å²) in [7, 11) is 2.62. The van der Waals surface area contributed by atoms with Crippen molar-refractivity contribution in [2.75, 3.05) is 33.5 Å².